The molecule has 1 aliphatic rings. The molecule has 5 nitrogen and oxygen atoms in total. The minimum atomic E-state index is -0.128. The van der Waals surface area contributed by atoms with Gasteiger partial charge in [0.25, 0.3) is 0 Å². The van der Waals surface area contributed by atoms with Crippen molar-refractivity contribution in [2.75, 3.05) is 11.9 Å². The van der Waals surface area contributed by atoms with Crippen LogP contribution in [0.25, 0.3) is 0 Å². The van der Waals surface area contributed by atoms with E-state index in [0.29, 0.717) is 6.54 Å². The number of aryl methyl sites for hydroxylation is 1. The monoisotopic (exact) mass is 337 g/mol. The second kappa shape index (κ2) is 7.83. The van der Waals surface area contributed by atoms with Crippen LogP contribution in [0.3, 0.4) is 0 Å². The van der Waals surface area contributed by atoms with Crippen molar-refractivity contribution in [2.45, 2.75) is 32.2 Å². The molecule has 0 spiro atoms. The van der Waals surface area contributed by atoms with Crippen molar-refractivity contribution in [1.82, 2.24) is 10.6 Å². The maximum absolute atomic E-state index is 12.1. The second-order valence-corrected chi connectivity index (χ2v) is 6.32. The van der Waals surface area contributed by atoms with E-state index in [4.69, 9.17) is 0 Å². The van der Waals surface area contributed by atoms with Gasteiger partial charge in [-0.1, -0.05) is 36.4 Å². The molecule has 3 rings (SSSR count). The molecule has 0 unspecified atom stereocenters. The van der Waals surface area contributed by atoms with Crippen molar-refractivity contribution in [3.05, 3.63) is 65.2 Å². The average Bonchev–Trinajstić information content (AvgIpc) is 2.99. The van der Waals surface area contributed by atoms with Crippen LogP contribution < -0.4 is 16.0 Å². The molecule has 0 fully saturated rings. The summed E-state index contributed by atoms with van der Waals surface area (Å²) in [4.78, 5) is 23.1. The van der Waals surface area contributed by atoms with E-state index in [9.17, 15) is 9.59 Å². The SMILES string of the molecule is CC(=O)Nc1ccc(CCNC(=O)N[C@@H]2CCc3ccccc32)cc1. The van der Waals surface area contributed by atoms with Gasteiger partial charge in [-0.3, -0.25) is 4.79 Å². The van der Waals surface area contributed by atoms with Crippen LogP contribution in [0.15, 0.2) is 48.5 Å². The molecule has 130 valence electrons. The highest BCUT2D eigenvalue weighted by Gasteiger charge is 2.22. The van der Waals surface area contributed by atoms with Crippen LogP contribution in [-0.2, 0) is 17.6 Å². The average molecular weight is 337 g/mol. The van der Waals surface area contributed by atoms with E-state index < -0.39 is 0 Å². The maximum atomic E-state index is 12.1. The molecule has 3 amide bonds. The Labute approximate surface area is 147 Å². The van der Waals surface area contributed by atoms with E-state index >= 15 is 0 Å². The van der Waals surface area contributed by atoms with Gasteiger partial charge in [-0.2, -0.15) is 0 Å². The van der Waals surface area contributed by atoms with Crippen molar-refractivity contribution >= 4 is 17.6 Å². The van der Waals surface area contributed by atoms with Crippen molar-refractivity contribution in [3.63, 3.8) is 0 Å². The third-order valence-corrected chi connectivity index (χ3v) is 4.41. The van der Waals surface area contributed by atoms with Gasteiger partial charge in [0.15, 0.2) is 0 Å². The molecule has 3 N–H and O–H groups in total. The Morgan fingerprint density at radius 2 is 1.84 bits per heavy atom. The quantitative estimate of drug-likeness (QED) is 0.784. The van der Waals surface area contributed by atoms with Crippen LogP contribution in [0.2, 0.25) is 0 Å². The first-order valence-electron chi connectivity index (χ1n) is 8.60. The topological polar surface area (TPSA) is 70.2 Å². The number of benzene rings is 2. The lowest BCUT2D eigenvalue weighted by Crippen LogP contribution is -2.38. The lowest BCUT2D eigenvalue weighted by molar-refractivity contribution is -0.114. The molecule has 1 atom stereocenters. The summed E-state index contributed by atoms with van der Waals surface area (Å²) >= 11 is 0. The van der Waals surface area contributed by atoms with E-state index in [1.54, 1.807) is 0 Å². The predicted octanol–water partition coefficient (Wildman–Crippen LogP) is 3.17. The molecule has 0 radical (unpaired) electrons. The molecule has 2 aromatic rings. The summed E-state index contributed by atoms with van der Waals surface area (Å²) in [5, 5.41) is 8.71. The van der Waals surface area contributed by atoms with Gasteiger partial charge in [-0.05, 0) is 48.1 Å². The summed E-state index contributed by atoms with van der Waals surface area (Å²) in [6.07, 6.45) is 2.72. The van der Waals surface area contributed by atoms with E-state index in [2.05, 4.69) is 28.1 Å². The van der Waals surface area contributed by atoms with E-state index in [1.807, 2.05) is 36.4 Å². The van der Waals surface area contributed by atoms with Crippen LogP contribution in [0, 0.1) is 0 Å². The zero-order chi connectivity index (χ0) is 17.6. The van der Waals surface area contributed by atoms with E-state index in [1.165, 1.54) is 18.1 Å². The number of fused-ring (bicyclic) bond motifs is 1. The fourth-order valence-electron chi connectivity index (χ4n) is 3.19. The number of carbonyl (C=O) groups excluding carboxylic acids is 2. The zero-order valence-electron chi connectivity index (χ0n) is 14.3. The predicted molar refractivity (Wildman–Crippen MR) is 98.5 cm³/mol. The molecule has 0 aromatic heterocycles. The Balaban J connectivity index is 1.43. The highest BCUT2D eigenvalue weighted by Crippen LogP contribution is 2.30. The lowest BCUT2D eigenvalue weighted by Gasteiger charge is -2.15. The number of anilines is 1. The molecule has 0 heterocycles. The Morgan fingerprint density at radius 3 is 2.60 bits per heavy atom. The van der Waals surface area contributed by atoms with Crippen molar-refractivity contribution in [3.8, 4) is 0 Å². The van der Waals surface area contributed by atoms with Crippen LogP contribution >= 0.6 is 0 Å². The van der Waals surface area contributed by atoms with Crippen molar-refractivity contribution in [1.29, 1.82) is 0 Å². The second-order valence-electron chi connectivity index (χ2n) is 6.32. The first kappa shape index (κ1) is 17.0. The molecular formula is C20H23N3O2. The molecule has 5 heteroatoms. The minimum Gasteiger partial charge on any atom is -0.338 e. The number of nitrogens with one attached hydrogen (secondary N) is 3. The van der Waals surface area contributed by atoms with Crippen LogP contribution in [0.5, 0.6) is 0 Å². The number of hydrogen-bond acceptors (Lipinski definition) is 2. The number of urea groups is 1. The van der Waals surface area contributed by atoms with Gasteiger partial charge in [0.05, 0.1) is 6.04 Å². The van der Waals surface area contributed by atoms with Gasteiger partial charge in [0.2, 0.25) is 5.91 Å². The molecule has 0 saturated carbocycles. The lowest BCUT2D eigenvalue weighted by atomic mass is 10.1. The molecule has 0 bridgehead atoms. The van der Waals surface area contributed by atoms with Gasteiger partial charge in [0, 0.05) is 19.2 Å². The fourth-order valence-corrected chi connectivity index (χ4v) is 3.19. The smallest absolute Gasteiger partial charge is 0.315 e. The van der Waals surface area contributed by atoms with Crippen LogP contribution in [-0.4, -0.2) is 18.5 Å². The van der Waals surface area contributed by atoms with E-state index in [-0.39, 0.29) is 18.0 Å². The normalized spacial score (nSPS) is 15.3. The summed E-state index contributed by atoms with van der Waals surface area (Å²) in [5.74, 6) is -0.0837. The fraction of sp³-hybridized carbons (Fsp3) is 0.300. The number of hydrogen-bond donors (Lipinski definition) is 3. The van der Waals surface area contributed by atoms with E-state index in [0.717, 1.165) is 30.5 Å². The molecule has 2 aromatic carbocycles. The van der Waals surface area contributed by atoms with Gasteiger partial charge in [-0.25, -0.2) is 4.79 Å². The Bertz CT molecular complexity index is 756. The number of rotatable bonds is 5. The summed E-state index contributed by atoms with van der Waals surface area (Å²) in [6, 6.07) is 15.9. The summed E-state index contributed by atoms with van der Waals surface area (Å²) in [5.41, 5.74) is 4.45. The molecule has 0 aliphatic heterocycles. The first-order chi connectivity index (χ1) is 12.1. The van der Waals surface area contributed by atoms with Crippen LogP contribution in [0.4, 0.5) is 10.5 Å². The van der Waals surface area contributed by atoms with Gasteiger partial charge in [0.1, 0.15) is 0 Å². The molecular weight excluding hydrogens is 314 g/mol. The standard InChI is InChI=1S/C20H23N3O2/c1-14(24)22-17-9-6-15(7-10-17)12-13-21-20(25)23-19-11-8-16-4-2-3-5-18(16)19/h2-7,9-10,19H,8,11-13H2,1H3,(H,22,24)(H2,21,23,25)/t19-/m1/s1. The summed E-state index contributed by atoms with van der Waals surface area (Å²) in [6.45, 7) is 2.05. The Hall–Kier alpha value is -2.82. The third kappa shape index (κ3) is 4.59. The van der Waals surface area contributed by atoms with Gasteiger partial charge in [-0.15, -0.1) is 0 Å². The highest BCUT2D eigenvalue weighted by molar-refractivity contribution is 5.88. The Kier molecular flexibility index (Phi) is 5.33. The van der Waals surface area contributed by atoms with Gasteiger partial charge < -0.3 is 16.0 Å². The first-order valence-corrected chi connectivity index (χ1v) is 8.60. The Morgan fingerprint density at radius 1 is 1.08 bits per heavy atom. The molecule has 0 saturated heterocycles. The third-order valence-electron chi connectivity index (χ3n) is 4.41. The minimum absolute atomic E-state index is 0.0837. The molecule has 1 aliphatic carbocycles. The summed E-state index contributed by atoms with van der Waals surface area (Å²) in [7, 11) is 0. The van der Waals surface area contributed by atoms with Gasteiger partial charge >= 0.3 is 6.03 Å². The van der Waals surface area contributed by atoms with Crippen molar-refractivity contribution in [2.24, 2.45) is 0 Å². The van der Waals surface area contributed by atoms with Crippen LogP contribution in [0.1, 0.15) is 36.1 Å². The maximum Gasteiger partial charge on any atom is 0.315 e. The number of carbonyl (C=O) groups is 2. The van der Waals surface area contributed by atoms with Crippen molar-refractivity contribution < 1.29 is 9.59 Å². The molecule has 25 heavy (non-hydrogen) atoms. The summed E-state index contributed by atoms with van der Waals surface area (Å²) < 4.78 is 0. The highest BCUT2D eigenvalue weighted by atomic mass is 16.2. The zero-order valence-corrected chi connectivity index (χ0v) is 14.3. The number of amides is 3. The largest absolute Gasteiger partial charge is 0.338 e.